The first-order valence-corrected chi connectivity index (χ1v) is 3.24. The molecule has 0 saturated carbocycles. The molecule has 0 spiro atoms. The van der Waals surface area contributed by atoms with Crippen LogP contribution in [0.1, 0.15) is 0 Å². The van der Waals surface area contributed by atoms with Crippen molar-refractivity contribution in [2.75, 3.05) is 0 Å². The molecule has 1 nitrogen and oxygen atoms in total. The summed E-state index contributed by atoms with van der Waals surface area (Å²) < 4.78 is 5.82. The molecule has 7 heavy (non-hydrogen) atoms. The van der Waals surface area contributed by atoms with Crippen LogP contribution in [0.4, 0.5) is 0 Å². The average molecular weight is 226 g/mol. The first-order valence-electron chi connectivity index (χ1n) is 1.71. The van der Waals surface area contributed by atoms with E-state index >= 15 is 0 Å². The van der Waals surface area contributed by atoms with Crippen molar-refractivity contribution in [3.05, 3.63) is 16.1 Å². The maximum atomic E-state index is 4.76. The number of halogens is 1. The van der Waals surface area contributed by atoms with Crippen molar-refractivity contribution in [3.63, 3.8) is 0 Å². The number of furan rings is 1. The van der Waals surface area contributed by atoms with Crippen molar-refractivity contribution in [2.45, 2.75) is 4.90 Å². The SMILES string of the molecule is Sc1cocc1I. The van der Waals surface area contributed by atoms with E-state index in [1.807, 2.05) is 0 Å². The lowest BCUT2D eigenvalue weighted by atomic mass is 10.7. The molecule has 1 rings (SSSR count). The van der Waals surface area contributed by atoms with E-state index in [0.29, 0.717) is 0 Å². The molecular weight excluding hydrogens is 223 g/mol. The molecule has 1 aromatic heterocycles. The Morgan fingerprint density at radius 1 is 1.57 bits per heavy atom. The molecule has 1 aromatic rings. The molecule has 0 amide bonds. The van der Waals surface area contributed by atoms with Gasteiger partial charge in [0.15, 0.2) is 0 Å². The minimum atomic E-state index is 0.903. The molecule has 0 atom stereocenters. The lowest BCUT2D eigenvalue weighted by Gasteiger charge is -1.73. The second-order valence-corrected chi connectivity index (χ2v) is 2.75. The van der Waals surface area contributed by atoms with Crippen molar-refractivity contribution in [1.82, 2.24) is 0 Å². The van der Waals surface area contributed by atoms with Gasteiger partial charge in [0, 0.05) is 0 Å². The largest absolute Gasteiger partial charge is 0.470 e. The fourth-order valence-electron chi connectivity index (χ4n) is 0.275. The molecule has 0 unspecified atom stereocenters. The summed E-state index contributed by atoms with van der Waals surface area (Å²) in [5, 5.41) is 0. The summed E-state index contributed by atoms with van der Waals surface area (Å²) in [6.45, 7) is 0. The molecule has 0 N–H and O–H groups in total. The van der Waals surface area contributed by atoms with Gasteiger partial charge in [-0.25, -0.2) is 0 Å². The van der Waals surface area contributed by atoms with Crippen LogP contribution in [0, 0.1) is 3.57 Å². The van der Waals surface area contributed by atoms with Gasteiger partial charge >= 0.3 is 0 Å². The zero-order valence-electron chi connectivity index (χ0n) is 3.39. The highest BCUT2D eigenvalue weighted by atomic mass is 127. The second kappa shape index (κ2) is 2.09. The topological polar surface area (TPSA) is 13.1 Å². The molecule has 0 bridgehead atoms. The average Bonchev–Trinajstić information content (AvgIpc) is 1.91. The standard InChI is InChI=1S/C4H3IOS/c5-3-1-6-2-4(3)7/h1-2,7H. The zero-order chi connectivity index (χ0) is 5.28. The predicted molar refractivity (Wildman–Crippen MR) is 38.7 cm³/mol. The van der Waals surface area contributed by atoms with Crippen LogP contribution < -0.4 is 0 Å². The van der Waals surface area contributed by atoms with Crippen LogP contribution in [0.25, 0.3) is 0 Å². The van der Waals surface area contributed by atoms with E-state index in [1.54, 1.807) is 12.5 Å². The fraction of sp³-hybridized carbons (Fsp3) is 0. The van der Waals surface area contributed by atoms with E-state index < -0.39 is 0 Å². The van der Waals surface area contributed by atoms with E-state index in [1.165, 1.54) is 0 Å². The Balaban J connectivity index is 3.12. The highest BCUT2D eigenvalue weighted by molar-refractivity contribution is 14.1. The predicted octanol–water partition coefficient (Wildman–Crippen LogP) is 2.17. The highest BCUT2D eigenvalue weighted by Gasteiger charge is 1.91. The van der Waals surface area contributed by atoms with Gasteiger partial charge in [-0.15, -0.1) is 12.6 Å². The lowest BCUT2D eigenvalue weighted by Crippen LogP contribution is -1.55. The number of hydrogen-bond acceptors (Lipinski definition) is 2. The molecule has 0 fully saturated rings. The molecule has 0 aliphatic heterocycles. The Labute approximate surface area is 60.6 Å². The van der Waals surface area contributed by atoms with Crippen LogP contribution in [0.5, 0.6) is 0 Å². The Morgan fingerprint density at radius 3 is 2.43 bits per heavy atom. The van der Waals surface area contributed by atoms with Crippen molar-refractivity contribution in [1.29, 1.82) is 0 Å². The maximum absolute atomic E-state index is 4.76. The van der Waals surface area contributed by atoms with Gasteiger partial charge in [-0.2, -0.15) is 0 Å². The van der Waals surface area contributed by atoms with Gasteiger partial charge in [0.1, 0.15) is 12.5 Å². The molecule has 0 aliphatic carbocycles. The summed E-state index contributed by atoms with van der Waals surface area (Å²) in [5.41, 5.74) is 0. The summed E-state index contributed by atoms with van der Waals surface area (Å²) in [6, 6.07) is 0. The summed E-state index contributed by atoms with van der Waals surface area (Å²) in [5.74, 6) is 0. The third kappa shape index (κ3) is 1.13. The van der Waals surface area contributed by atoms with Crippen LogP contribution in [0.2, 0.25) is 0 Å². The molecule has 0 aromatic carbocycles. The molecule has 38 valence electrons. The molecule has 3 heteroatoms. The molecular formula is C4H3IOS. The van der Waals surface area contributed by atoms with E-state index in [2.05, 4.69) is 35.2 Å². The minimum absolute atomic E-state index is 0.903. The van der Waals surface area contributed by atoms with Crippen LogP contribution in [0.3, 0.4) is 0 Å². The molecule has 1 heterocycles. The first kappa shape index (κ1) is 5.50. The van der Waals surface area contributed by atoms with E-state index in [4.69, 9.17) is 4.42 Å². The highest BCUT2D eigenvalue weighted by Crippen LogP contribution is 2.15. The van der Waals surface area contributed by atoms with Gasteiger partial charge in [-0.1, -0.05) is 0 Å². The number of rotatable bonds is 0. The van der Waals surface area contributed by atoms with E-state index in [0.717, 1.165) is 8.47 Å². The zero-order valence-corrected chi connectivity index (χ0v) is 6.44. The van der Waals surface area contributed by atoms with Crippen molar-refractivity contribution in [3.8, 4) is 0 Å². The molecule has 0 radical (unpaired) electrons. The van der Waals surface area contributed by atoms with Crippen molar-refractivity contribution in [2.24, 2.45) is 0 Å². The molecule has 0 saturated heterocycles. The Bertz CT molecular complexity index is 144. The summed E-state index contributed by atoms with van der Waals surface area (Å²) in [7, 11) is 0. The van der Waals surface area contributed by atoms with Gasteiger partial charge in [0.2, 0.25) is 0 Å². The lowest BCUT2D eigenvalue weighted by molar-refractivity contribution is 0.561. The van der Waals surface area contributed by atoms with Crippen molar-refractivity contribution < 1.29 is 4.42 Å². The van der Waals surface area contributed by atoms with Gasteiger partial charge < -0.3 is 4.42 Å². The third-order valence-corrected chi connectivity index (χ3v) is 2.20. The quantitative estimate of drug-likeness (QED) is 0.528. The van der Waals surface area contributed by atoms with Crippen LogP contribution in [-0.4, -0.2) is 0 Å². The van der Waals surface area contributed by atoms with Crippen molar-refractivity contribution >= 4 is 35.2 Å². The first-order chi connectivity index (χ1) is 3.30. The number of thiol groups is 1. The fourth-order valence-corrected chi connectivity index (χ4v) is 0.662. The summed E-state index contributed by atoms with van der Waals surface area (Å²) >= 11 is 6.20. The van der Waals surface area contributed by atoms with Gasteiger partial charge in [0.25, 0.3) is 0 Å². The molecule has 0 aliphatic rings. The van der Waals surface area contributed by atoms with E-state index in [-0.39, 0.29) is 0 Å². The third-order valence-electron chi connectivity index (χ3n) is 0.596. The normalized spacial score (nSPS) is 9.43. The number of hydrogen-bond donors (Lipinski definition) is 1. The summed E-state index contributed by atoms with van der Waals surface area (Å²) in [4.78, 5) is 0.903. The van der Waals surface area contributed by atoms with Crippen LogP contribution in [-0.2, 0) is 0 Å². The Hall–Kier alpha value is 0.360. The Kier molecular flexibility index (Phi) is 1.64. The Morgan fingerprint density at radius 2 is 2.29 bits per heavy atom. The van der Waals surface area contributed by atoms with Gasteiger partial charge in [0.05, 0.1) is 8.47 Å². The second-order valence-electron chi connectivity index (χ2n) is 1.10. The van der Waals surface area contributed by atoms with Gasteiger partial charge in [-0.05, 0) is 22.6 Å². The van der Waals surface area contributed by atoms with Crippen LogP contribution >= 0.6 is 35.2 Å². The maximum Gasteiger partial charge on any atom is 0.105 e. The van der Waals surface area contributed by atoms with E-state index in [9.17, 15) is 0 Å². The minimum Gasteiger partial charge on any atom is -0.470 e. The summed E-state index contributed by atoms with van der Waals surface area (Å²) in [6.07, 6.45) is 3.26. The monoisotopic (exact) mass is 226 g/mol. The smallest absolute Gasteiger partial charge is 0.105 e. The van der Waals surface area contributed by atoms with Gasteiger partial charge in [-0.3, -0.25) is 0 Å². The van der Waals surface area contributed by atoms with Crippen LogP contribution in [0.15, 0.2) is 21.8 Å².